The number of carbonyl (C=O) groups excluding carboxylic acids is 1. The molecule has 2 nitrogen and oxygen atoms in total. The molecule has 106 valence electrons. The first-order valence-corrected chi connectivity index (χ1v) is 7.34. The summed E-state index contributed by atoms with van der Waals surface area (Å²) in [5.41, 5.74) is 9.27. The zero-order chi connectivity index (χ0) is 14.3. The van der Waals surface area contributed by atoms with Crippen molar-refractivity contribution >= 4 is 5.78 Å². The van der Waals surface area contributed by atoms with E-state index < -0.39 is 0 Å². The Balaban J connectivity index is 2.44. The number of ketones is 1. The second-order valence-electron chi connectivity index (χ2n) is 5.52. The van der Waals surface area contributed by atoms with Crippen molar-refractivity contribution in [3.05, 3.63) is 34.9 Å². The lowest BCUT2D eigenvalue weighted by Crippen LogP contribution is -2.11. The van der Waals surface area contributed by atoms with Crippen LogP contribution in [0, 0.1) is 19.8 Å². The Labute approximate surface area is 117 Å². The molecule has 19 heavy (non-hydrogen) atoms. The Morgan fingerprint density at radius 3 is 2.53 bits per heavy atom. The largest absolute Gasteiger partial charge is 0.330 e. The second kappa shape index (κ2) is 8.11. The van der Waals surface area contributed by atoms with Crippen LogP contribution in [-0.4, -0.2) is 12.3 Å². The van der Waals surface area contributed by atoms with Gasteiger partial charge in [0.05, 0.1) is 0 Å². The van der Waals surface area contributed by atoms with Crippen molar-refractivity contribution in [3.8, 4) is 0 Å². The standard InChI is InChI=1S/C17H27NO/c1-4-15(9-10-18)7-8-17(19)12-16-6-5-13(2)14(3)11-16/h5-6,11,15H,4,7-10,12,18H2,1-3H3. The SMILES string of the molecule is CCC(CCN)CCC(=O)Cc1ccc(C)c(C)c1. The molecule has 1 rings (SSSR count). The van der Waals surface area contributed by atoms with E-state index in [0.29, 0.717) is 24.5 Å². The third kappa shape index (κ3) is 5.56. The van der Waals surface area contributed by atoms with Gasteiger partial charge in [-0.05, 0) is 55.8 Å². The monoisotopic (exact) mass is 261 g/mol. The topological polar surface area (TPSA) is 43.1 Å². The summed E-state index contributed by atoms with van der Waals surface area (Å²) >= 11 is 0. The molecule has 0 aromatic heterocycles. The highest BCUT2D eigenvalue weighted by Crippen LogP contribution is 2.16. The van der Waals surface area contributed by atoms with Crippen LogP contribution in [0.3, 0.4) is 0 Å². The molecule has 0 aliphatic heterocycles. The third-order valence-corrected chi connectivity index (χ3v) is 3.96. The van der Waals surface area contributed by atoms with Crippen LogP contribution in [0.5, 0.6) is 0 Å². The van der Waals surface area contributed by atoms with Crippen molar-refractivity contribution in [2.75, 3.05) is 6.54 Å². The molecule has 2 heteroatoms. The maximum absolute atomic E-state index is 12.0. The van der Waals surface area contributed by atoms with Crippen LogP contribution in [0.2, 0.25) is 0 Å². The van der Waals surface area contributed by atoms with Gasteiger partial charge < -0.3 is 5.73 Å². The van der Waals surface area contributed by atoms with Crippen LogP contribution in [0.25, 0.3) is 0 Å². The van der Waals surface area contributed by atoms with Crippen LogP contribution in [0.4, 0.5) is 0 Å². The molecule has 1 unspecified atom stereocenters. The number of hydrogen-bond donors (Lipinski definition) is 1. The first-order valence-electron chi connectivity index (χ1n) is 7.34. The van der Waals surface area contributed by atoms with Crippen molar-refractivity contribution in [2.45, 2.75) is 52.9 Å². The van der Waals surface area contributed by atoms with Crippen molar-refractivity contribution < 1.29 is 4.79 Å². The van der Waals surface area contributed by atoms with Crippen molar-refractivity contribution in [1.29, 1.82) is 0 Å². The average molecular weight is 261 g/mol. The van der Waals surface area contributed by atoms with Gasteiger partial charge in [-0.3, -0.25) is 4.79 Å². The van der Waals surface area contributed by atoms with E-state index in [1.165, 1.54) is 11.1 Å². The Hall–Kier alpha value is -1.15. The first kappa shape index (κ1) is 15.9. The summed E-state index contributed by atoms with van der Waals surface area (Å²) in [7, 11) is 0. The zero-order valence-electron chi connectivity index (χ0n) is 12.5. The molecule has 0 aliphatic carbocycles. The van der Waals surface area contributed by atoms with Gasteiger partial charge in [-0.15, -0.1) is 0 Å². The Morgan fingerprint density at radius 1 is 1.21 bits per heavy atom. The van der Waals surface area contributed by atoms with E-state index in [9.17, 15) is 4.79 Å². The van der Waals surface area contributed by atoms with E-state index >= 15 is 0 Å². The molecule has 0 amide bonds. The van der Waals surface area contributed by atoms with Gasteiger partial charge in [0, 0.05) is 12.8 Å². The molecule has 2 N–H and O–H groups in total. The highest BCUT2D eigenvalue weighted by molar-refractivity contribution is 5.80. The van der Waals surface area contributed by atoms with Crippen molar-refractivity contribution in [2.24, 2.45) is 11.7 Å². The second-order valence-corrected chi connectivity index (χ2v) is 5.52. The summed E-state index contributed by atoms with van der Waals surface area (Å²) in [5, 5.41) is 0. The van der Waals surface area contributed by atoms with E-state index in [1.54, 1.807) is 0 Å². The predicted octanol–water partition coefficient (Wildman–Crippen LogP) is 3.57. The summed E-state index contributed by atoms with van der Waals surface area (Å²) in [6.45, 7) is 7.09. The number of hydrogen-bond acceptors (Lipinski definition) is 2. The predicted molar refractivity (Wildman–Crippen MR) is 81.3 cm³/mol. The summed E-state index contributed by atoms with van der Waals surface area (Å²) in [4.78, 5) is 12.0. The molecule has 0 radical (unpaired) electrons. The normalized spacial score (nSPS) is 12.4. The highest BCUT2D eigenvalue weighted by Gasteiger charge is 2.10. The van der Waals surface area contributed by atoms with Gasteiger partial charge in [-0.1, -0.05) is 31.5 Å². The number of Topliss-reactive ketones (excluding diaryl/α,β-unsaturated/α-hetero) is 1. The molecular formula is C17H27NO. The molecular weight excluding hydrogens is 234 g/mol. The van der Waals surface area contributed by atoms with Crippen LogP contribution < -0.4 is 5.73 Å². The van der Waals surface area contributed by atoms with E-state index in [0.717, 1.165) is 31.4 Å². The summed E-state index contributed by atoms with van der Waals surface area (Å²) < 4.78 is 0. The first-order chi connectivity index (χ1) is 9.06. The van der Waals surface area contributed by atoms with Gasteiger partial charge in [-0.2, -0.15) is 0 Å². The fraction of sp³-hybridized carbons (Fsp3) is 0.588. The lowest BCUT2D eigenvalue weighted by molar-refractivity contribution is -0.118. The molecule has 0 heterocycles. The maximum atomic E-state index is 12.0. The molecule has 0 fully saturated rings. The summed E-state index contributed by atoms with van der Waals surface area (Å²) in [6, 6.07) is 6.29. The molecule has 1 aromatic carbocycles. The Kier molecular flexibility index (Phi) is 6.79. The average Bonchev–Trinajstić information content (AvgIpc) is 2.39. The number of aryl methyl sites for hydroxylation is 2. The minimum absolute atomic E-state index is 0.346. The number of carbonyl (C=O) groups is 1. The van der Waals surface area contributed by atoms with E-state index in [4.69, 9.17) is 5.73 Å². The lowest BCUT2D eigenvalue weighted by atomic mass is 9.93. The van der Waals surface area contributed by atoms with Gasteiger partial charge in [0.2, 0.25) is 0 Å². The summed E-state index contributed by atoms with van der Waals surface area (Å²) in [6.07, 6.45) is 4.39. The smallest absolute Gasteiger partial charge is 0.137 e. The number of benzene rings is 1. The van der Waals surface area contributed by atoms with Crippen LogP contribution in [-0.2, 0) is 11.2 Å². The van der Waals surface area contributed by atoms with Gasteiger partial charge in [0.25, 0.3) is 0 Å². The molecule has 0 bridgehead atoms. The van der Waals surface area contributed by atoms with Gasteiger partial charge in [0.1, 0.15) is 5.78 Å². The molecule has 0 spiro atoms. The molecule has 1 aromatic rings. The number of nitrogens with two attached hydrogens (primary N) is 1. The van der Waals surface area contributed by atoms with Crippen LogP contribution in [0.1, 0.15) is 49.3 Å². The van der Waals surface area contributed by atoms with E-state index in [1.807, 2.05) is 0 Å². The van der Waals surface area contributed by atoms with Crippen molar-refractivity contribution in [3.63, 3.8) is 0 Å². The highest BCUT2D eigenvalue weighted by atomic mass is 16.1. The molecule has 0 saturated heterocycles. The Morgan fingerprint density at radius 2 is 1.95 bits per heavy atom. The lowest BCUT2D eigenvalue weighted by Gasteiger charge is -2.12. The van der Waals surface area contributed by atoms with Gasteiger partial charge in [0.15, 0.2) is 0 Å². The third-order valence-electron chi connectivity index (χ3n) is 3.96. The minimum Gasteiger partial charge on any atom is -0.330 e. The molecule has 0 saturated carbocycles. The summed E-state index contributed by atoms with van der Waals surface area (Å²) in [5.74, 6) is 0.951. The van der Waals surface area contributed by atoms with Gasteiger partial charge >= 0.3 is 0 Å². The Bertz CT molecular complexity index is 412. The van der Waals surface area contributed by atoms with Crippen molar-refractivity contribution in [1.82, 2.24) is 0 Å². The fourth-order valence-electron chi connectivity index (χ4n) is 2.38. The fourth-order valence-corrected chi connectivity index (χ4v) is 2.38. The molecule has 1 atom stereocenters. The zero-order valence-corrected chi connectivity index (χ0v) is 12.5. The number of rotatable bonds is 8. The quantitative estimate of drug-likeness (QED) is 0.777. The minimum atomic E-state index is 0.346. The van der Waals surface area contributed by atoms with Crippen LogP contribution in [0.15, 0.2) is 18.2 Å². The van der Waals surface area contributed by atoms with E-state index in [-0.39, 0.29) is 0 Å². The maximum Gasteiger partial charge on any atom is 0.137 e. The van der Waals surface area contributed by atoms with E-state index in [2.05, 4.69) is 39.0 Å². The van der Waals surface area contributed by atoms with Crippen LogP contribution >= 0.6 is 0 Å². The van der Waals surface area contributed by atoms with Gasteiger partial charge in [-0.25, -0.2) is 0 Å². The molecule has 0 aliphatic rings.